The molecule has 27 heavy (non-hydrogen) atoms. The first-order valence-electron chi connectivity index (χ1n) is 8.22. The van der Waals surface area contributed by atoms with Crippen LogP contribution in [0.5, 0.6) is 0 Å². The van der Waals surface area contributed by atoms with Crippen molar-refractivity contribution in [3.8, 4) is 0 Å². The minimum Gasteiger partial charge on any atom is -0.465 e. The maximum absolute atomic E-state index is 12.7. The molecular formula is C20H18N2O4S. The third-order valence-electron chi connectivity index (χ3n) is 3.91. The quantitative estimate of drug-likeness (QED) is 0.522. The molecule has 0 radical (unpaired) electrons. The fourth-order valence-corrected chi connectivity index (χ4v) is 3.52. The van der Waals surface area contributed by atoms with Crippen LogP contribution in [0.25, 0.3) is 10.9 Å². The zero-order chi connectivity index (χ0) is 19.4. The molecule has 3 aromatic rings. The molecular weight excluding hydrogens is 364 g/mol. The molecule has 0 unspecified atom stereocenters. The van der Waals surface area contributed by atoms with Crippen molar-refractivity contribution < 1.29 is 14.3 Å². The Bertz CT molecular complexity index is 1080. The molecule has 3 rings (SSSR count). The number of methoxy groups -OCH3 is 1. The molecule has 1 aromatic heterocycles. The second-order valence-electron chi connectivity index (χ2n) is 5.90. The first-order chi connectivity index (χ1) is 13.0. The lowest BCUT2D eigenvalue weighted by molar-refractivity contribution is -0.113. The third-order valence-corrected chi connectivity index (χ3v) is 4.91. The van der Waals surface area contributed by atoms with Crippen LogP contribution in [0.1, 0.15) is 15.9 Å². The highest BCUT2D eigenvalue weighted by Gasteiger charge is 2.20. The summed E-state index contributed by atoms with van der Waals surface area (Å²) in [5.74, 6) is -0.939. The Hall–Kier alpha value is -3.06. The van der Waals surface area contributed by atoms with Gasteiger partial charge in [-0.25, -0.2) is 4.79 Å². The lowest BCUT2D eigenvalue weighted by Gasteiger charge is -2.10. The van der Waals surface area contributed by atoms with E-state index in [-0.39, 0.29) is 17.2 Å². The Balaban J connectivity index is 1.86. The van der Waals surface area contributed by atoms with E-state index < -0.39 is 11.4 Å². The number of pyridine rings is 1. The van der Waals surface area contributed by atoms with Gasteiger partial charge in [-0.1, -0.05) is 36.0 Å². The summed E-state index contributed by atoms with van der Waals surface area (Å²) in [6, 6.07) is 14.3. The highest BCUT2D eigenvalue weighted by molar-refractivity contribution is 8.00. The van der Waals surface area contributed by atoms with Crippen molar-refractivity contribution in [1.82, 2.24) is 4.98 Å². The minimum atomic E-state index is -0.733. The molecule has 138 valence electrons. The largest absolute Gasteiger partial charge is 0.465 e. The van der Waals surface area contributed by atoms with Crippen molar-refractivity contribution in [2.75, 3.05) is 18.2 Å². The number of thioether (sulfide) groups is 1. The Morgan fingerprint density at radius 1 is 1.15 bits per heavy atom. The number of carbonyl (C=O) groups excluding carboxylic acids is 2. The molecule has 0 aliphatic rings. The number of aromatic nitrogens is 1. The number of para-hydroxylation sites is 1. The predicted octanol–water partition coefficient (Wildman–Crippen LogP) is 3.35. The second kappa shape index (κ2) is 8.09. The van der Waals surface area contributed by atoms with Gasteiger partial charge < -0.3 is 15.0 Å². The van der Waals surface area contributed by atoms with Gasteiger partial charge in [-0.2, -0.15) is 0 Å². The molecule has 0 atom stereocenters. The van der Waals surface area contributed by atoms with Gasteiger partial charge in [0.25, 0.3) is 0 Å². The molecule has 0 bridgehead atoms. The van der Waals surface area contributed by atoms with E-state index in [0.717, 1.165) is 17.3 Å². The maximum atomic E-state index is 12.7. The molecule has 0 aliphatic carbocycles. The van der Waals surface area contributed by atoms with Crippen LogP contribution < -0.4 is 10.7 Å². The fraction of sp³-hybridized carbons (Fsp3) is 0.150. The zero-order valence-corrected chi connectivity index (χ0v) is 15.7. The van der Waals surface area contributed by atoms with E-state index >= 15 is 0 Å². The molecule has 0 aliphatic heterocycles. The molecule has 7 heteroatoms. The number of amides is 1. The number of anilines is 1. The average molecular weight is 382 g/mol. The van der Waals surface area contributed by atoms with Crippen molar-refractivity contribution in [3.63, 3.8) is 0 Å². The summed E-state index contributed by atoms with van der Waals surface area (Å²) in [5, 5.41) is 3.50. The molecule has 2 N–H and O–H groups in total. The van der Waals surface area contributed by atoms with Crippen LogP contribution in [0, 0.1) is 6.92 Å². The van der Waals surface area contributed by atoms with E-state index in [1.807, 2.05) is 25.1 Å². The first-order valence-corrected chi connectivity index (χ1v) is 9.21. The van der Waals surface area contributed by atoms with E-state index in [2.05, 4.69) is 10.3 Å². The van der Waals surface area contributed by atoms with Crippen LogP contribution in [0.2, 0.25) is 0 Å². The van der Waals surface area contributed by atoms with Crippen LogP contribution in [-0.2, 0) is 9.53 Å². The lowest BCUT2D eigenvalue weighted by Crippen LogP contribution is -2.20. The Labute approximate surface area is 159 Å². The van der Waals surface area contributed by atoms with E-state index in [1.54, 1.807) is 30.3 Å². The minimum absolute atomic E-state index is 0.0339. The van der Waals surface area contributed by atoms with E-state index in [0.29, 0.717) is 21.6 Å². The Morgan fingerprint density at radius 3 is 2.67 bits per heavy atom. The van der Waals surface area contributed by atoms with Crippen LogP contribution in [0.15, 0.2) is 58.4 Å². The van der Waals surface area contributed by atoms with E-state index in [1.165, 1.54) is 7.11 Å². The molecule has 1 amide bonds. The van der Waals surface area contributed by atoms with Gasteiger partial charge >= 0.3 is 5.97 Å². The molecule has 6 nitrogen and oxygen atoms in total. The van der Waals surface area contributed by atoms with Crippen LogP contribution in [0.4, 0.5) is 5.69 Å². The summed E-state index contributed by atoms with van der Waals surface area (Å²) in [6.45, 7) is 1.94. The van der Waals surface area contributed by atoms with Gasteiger partial charge in [-0.3, -0.25) is 9.59 Å². The number of hydrogen-bond donors (Lipinski definition) is 2. The summed E-state index contributed by atoms with van der Waals surface area (Å²) < 4.78 is 4.75. The van der Waals surface area contributed by atoms with Gasteiger partial charge in [0.05, 0.1) is 23.4 Å². The number of H-pyrrole nitrogens is 1. The number of aromatic amines is 1. The smallest absolute Gasteiger partial charge is 0.344 e. The molecule has 1 heterocycles. The van der Waals surface area contributed by atoms with Crippen LogP contribution >= 0.6 is 11.8 Å². The standard InChI is InChI=1S/C20H18N2O4S/c1-12-6-5-7-13(10-12)21-16(23)11-27-19-17(20(25)26-2)18(24)14-8-3-4-9-15(14)22-19/h3-10H,11H2,1-2H3,(H,21,23)(H,22,24). The summed E-state index contributed by atoms with van der Waals surface area (Å²) in [6.07, 6.45) is 0. The van der Waals surface area contributed by atoms with Crippen molar-refractivity contribution in [1.29, 1.82) is 0 Å². The van der Waals surface area contributed by atoms with Crippen molar-refractivity contribution in [3.05, 3.63) is 69.9 Å². The van der Waals surface area contributed by atoms with Gasteiger partial charge in [0.1, 0.15) is 5.56 Å². The summed E-state index contributed by atoms with van der Waals surface area (Å²) >= 11 is 1.08. The summed E-state index contributed by atoms with van der Waals surface area (Å²) in [7, 11) is 1.22. The first kappa shape index (κ1) is 18.7. The number of hydrogen-bond acceptors (Lipinski definition) is 5. The monoisotopic (exact) mass is 382 g/mol. The number of rotatable bonds is 5. The molecule has 2 aromatic carbocycles. The number of ether oxygens (including phenoxy) is 1. The zero-order valence-electron chi connectivity index (χ0n) is 14.9. The highest BCUT2D eigenvalue weighted by atomic mass is 32.2. The van der Waals surface area contributed by atoms with Gasteiger partial charge in [-0.15, -0.1) is 0 Å². The average Bonchev–Trinajstić information content (AvgIpc) is 2.66. The summed E-state index contributed by atoms with van der Waals surface area (Å²) in [4.78, 5) is 40.1. The van der Waals surface area contributed by atoms with Gasteiger partial charge in [-0.05, 0) is 36.8 Å². The highest BCUT2D eigenvalue weighted by Crippen LogP contribution is 2.22. The van der Waals surface area contributed by atoms with Crippen molar-refractivity contribution in [2.24, 2.45) is 0 Å². The van der Waals surface area contributed by atoms with Crippen molar-refractivity contribution >= 4 is 40.2 Å². The Morgan fingerprint density at radius 2 is 1.93 bits per heavy atom. The third kappa shape index (κ3) is 4.20. The predicted molar refractivity (Wildman–Crippen MR) is 106 cm³/mol. The fourth-order valence-electron chi connectivity index (χ4n) is 2.67. The number of aryl methyl sites for hydroxylation is 1. The second-order valence-corrected chi connectivity index (χ2v) is 6.89. The van der Waals surface area contributed by atoms with Crippen molar-refractivity contribution in [2.45, 2.75) is 11.9 Å². The molecule has 0 saturated carbocycles. The maximum Gasteiger partial charge on any atom is 0.344 e. The topological polar surface area (TPSA) is 88.3 Å². The normalized spacial score (nSPS) is 10.6. The number of nitrogens with one attached hydrogen (secondary N) is 2. The molecule has 0 saturated heterocycles. The lowest BCUT2D eigenvalue weighted by atomic mass is 10.1. The van der Waals surface area contributed by atoms with Gasteiger partial charge in [0.2, 0.25) is 11.3 Å². The number of benzene rings is 2. The number of esters is 1. The van der Waals surface area contributed by atoms with Gasteiger partial charge in [0.15, 0.2) is 0 Å². The summed E-state index contributed by atoms with van der Waals surface area (Å²) in [5.41, 5.74) is 1.81. The van der Waals surface area contributed by atoms with Crippen LogP contribution in [0.3, 0.4) is 0 Å². The molecule has 0 fully saturated rings. The number of carbonyl (C=O) groups is 2. The van der Waals surface area contributed by atoms with Crippen LogP contribution in [-0.4, -0.2) is 29.7 Å². The number of fused-ring (bicyclic) bond motifs is 1. The Kier molecular flexibility index (Phi) is 5.61. The van der Waals surface area contributed by atoms with E-state index in [9.17, 15) is 14.4 Å². The SMILES string of the molecule is COC(=O)c1c(SCC(=O)Nc2cccc(C)c2)[nH]c2ccccc2c1=O. The van der Waals surface area contributed by atoms with Gasteiger partial charge in [0, 0.05) is 11.1 Å². The van der Waals surface area contributed by atoms with E-state index in [4.69, 9.17) is 4.74 Å². The molecule has 0 spiro atoms.